The molecule has 0 bridgehead atoms. The number of aliphatic hydroxyl groups is 1. The van der Waals surface area contributed by atoms with Crippen molar-refractivity contribution >= 4 is 5.78 Å². The fourth-order valence-electron chi connectivity index (χ4n) is 11.0. The van der Waals surface area contributed by atoms with E-state index in [1.165, 1.54) is 24.8 Å². The number of allylic oxidation sites excluding steroid dienone is 1. The van der Waals surface area contributed by atoms with E-state index in [2.05, 4.69) is 41.2 Å². The summed E-state index contributed by atoms with van der Waals surface area (Å²) in [6, 6.07) is 0. The van der Waals surface area contributed by atoms with Crippen LogP contribution in [-0.2, 0) is 4.79 Å². The number of hydrogen-bond donors (Lipinski definition) is 2. The minimum Gasteiger partial charge on any atom is -0.396 e. The van der Waals surface area contributed by atoms with E-state index < -0.39 is 0 Å². The van der Waals surface area contributed by atoms with Crippen molar-refractivity contribution in [2.75, 3.05) is 6.61 Å². The van der Waals surface area contributed by atoms with Crippen molar-refractivity contribution < 1.29 is 9.90 Å². The Balaban J connectivity index is 1.56. The number of rotatable bonds is 2. The van der Waals surface area contributed by atoms with Gasteiger partial charge in [0.1, 0.15) is 5.78 Å². The summed E-state index contributed by atoms with van der Waals surface area (Å²) in [5.41, 5.74) is 8.98. The van der Waals surface area contributed by atoms with Crippen LogP contribution in [0.1, 0.15) is 98.8 Å². The molecule has 3 N–H and O–H groups in total. The predicted octanol–water partition coefficient (Wildman–Crippen LogP) is 5.90. The molecular formula is C29H47NO2. The highest BCUT2D eigenvalue weighted by Gasteiger charge is 2.71. The molecule has 0 saturated heterocycles. The Kier molecular flexibility index (Phi) is 5.01. The summed E-state index contributed by atoms with van der Waals surface area (Å²) in [6.45, 7) is 16.4. The molecule has 5 aliphatic rings. The Bertz CT molecular complexity index is 833. The van der Waals surface area contributed by atoms with Crippen molar-refractivity contribution in [1.82, 2.24) is 0 Å². The average Bonchev–Trinajstić information content (AvgIpc) is 3.12. The van der Waals surface area contributed by atoms with Crippen molar-refractivity contribution in [3.8, 4) is 0 Å². The van der Waals surface area contributed by atoms with Crippen LogP contribution in [0.15, 0.2) is 12.2 Å². The number of nitrogens with two attached hydrogens (primary N) is 1. The molecular weight excluding hydrogens is 394 g/mol. The van der Waals surface area contributed by atoms with Gasteiger partial charge in [0.05, 0.1) is 0 Å². The van der Waals surface area contributed by atoms with E-state index >= 15 is 0 Å². The van der Waals surface area contributed by atoms with Crippen LogP contribution in [0.5, 0.6) is 0 Å². The highest BCUT2D eigenvalue weighted by molar-refractivity contribution is 5.85. The van der Waals surface area contributed by atoms with Gasteiger partial charge in [-0.15, -0.1) is 0 Å². The first kappa shape index (κ1) is 23.1. The summed E-state index contributed by atoms with van der Waals surface area (Å²) in [6.07, 6.45) is 10.9. The zero-order chi connectivity index (χ0) is 23.3. The summed E-state index contributed by atoms with van der Waals surface area (Å²) >= 11 is 0. The Labute approximate surface area is 196 Å². The topological polar surface area (TPSA) is 63.3 Å². The van der Waals surface area contributed by atoms with E-state index in [1.54, 1.807) is 0 Å². The van der Waals surface area contributed by atoms with Crippen LogP contribution in [0.3, 0.4) is 0 Å². The summed E-state index contributed by atoms with van der Waals surface area (Å²) in [4.78, 5) is 12.9. The highest BCUT2D eigenvalue weighted by atomic mass is 16.3. The fraction of sp³-hybridized carbons (Fsp3) is 0.897. The summed E-state index contributed by atoms with van der Waals surface area (Å²) in [5.74, 6) is 3.01. The number of ketones is 1. The molecule has 3 nitrogen and oxygen atoms in total. The number of Topliss-reactive ketones (excluding diaryl/α,β-unsaturated/α-hetero) is 1. The molecule has 32 heavy (non-hydrogen) atoms. The minimum absolute atomic E-state index is 0.0563. The quantitative estimate of drug-likeness (QED) is 0.525. The standard InChI is InChI=1S/C29H47NO2/c1-18(2)19-9-14-28(17-31)15-16-29(30)20(24(19)28)7-8-22-26(5)12-11-23(32)25(3,4)21(26)10-13-27(22,29)6/h19-22,24,31H,1,7-17,30H2,2-6H3/t19-,20?,21?,22?,24?,26-,27+,28+,29-/m0/s1. The zero-order valence-electron chi connectivity index (χ0n) is 21.3. The second kappa shape index (κ2) is 6.94. The first-order valence-corrected chi connectivity index (χ1v) is 13.5. The molecule has 0 aromatic heterocycles. The van der Waals surface area contributed by atoms with Gasteiger partial charge in [-0.1, -0.05) is 39.8 Å². The molecule has 0 aromatic rings. The van der Waals surface area contributed by atoms with E-state index in [0.717, 1.165) is 44.9 Å². The predicted molar refractivity (Wildman–Crippen MR) is 130 cm³/mol. The van der Waals surface area contributed by atoms with Crippen LogP contribution < -0.4 is 5.73 Å². The maximum atomic E-state index is 12.9. The van der Waals surface area contributed by atoms with Gasteiger partial charge in [-0.25, -0.2) is 0 Å². The maximum absolute atomic E-state index is 12.9. The molecule has 5 aliphatic carbocycles. The molecule has 5 fully saturated rings. The number of hydrogen-bond acceptors (Lipinski definition) is 3. The lowest BCUT2D eigenvalue weighted by molar-refractivity contribution is -0.208. The van der Waals surface area contributed by atoms with Gasteiger partial charge in [0.2, 0.25) is 0 Å². The highest BCUT2D eigenvalue weighted by Crippen LogP contribution is 2.73. The van der Waals surface area contributed by atoms with Crippen LogP contribution in [0.2, 0.25) is 0 Å². The molecule has 0 radical (unpaired) electrons. The van der Waals surface area contributed by atoms with E-state index in [0.29, 0.717) is 42.0 Å². The van der Waals surface area contributed by atoms with Crippen LogP contribution in [0, 0.1) is 51.2 Å². The van der Waals surface area contributed by atoms with E-state index in [-0.39, 0.29) is 27.2 Å². The third-order valence-corrected chi connectivity index (χ3v) is 12.8. The zero-order valence-corrected chi connectivity index (χ0v) is 21.3. The summed E-state index contributed by atoms with van der Waals surface area (Å²) in [5, 5.41) is 10.6. The molecule has 0 aliphatic heterocycles. The van der Waals surface area contributed by atoms with Crippen molar-refractivity contribution in [2.24, 2.45) is 57.0 Å². The molecule has 0 heterocycles. The van der Waals surface area contributed by atoms with Crippen molar-refractivity contribution in [3.63, 3.8) is 0 Å². The van der Waals surface area contributed by atoms with Crippen LogP contribution in [-0.4, -0.2) is 23.0 Å². The van der Waals surface area contributed by atoms with Gasteiger partial charge >= 0.3 is 0 Å². The Morgan fingerprint density at radius 2 is 1.72 bits per heavy atom. The third kappa shape index (κ3) is 2.59. The monoisotopic (exact) mass is 441 g/mol. The van der Waals surface area contributed by atoms with Crippen LogP contribution in [0.25, 0.3) is 0 Å². The van der Waals surface area contributed by atoms with Gasteiger partial charge < -0.3 is 10.8 Å². The summed E-state index contributed by atoms with van der Waals surface area (Å²) in [7, 11) is 0. The van der Waals surface area contributed by atoms with Gasteiger partial charge in [-0.2, -0.15) is 0 Å². The third-order valence-electron chi connectivity index (χ3n) is 12.8. The average molecular weight is 442 g/mol. The van der Waals surface area contributed by atoms with E-state index in [1.807, 2.05) is 0 Å². The number of aliphatic hydroxyl groups excluding tert-OH is 1. The van der Waals surface area contributed by atoms with Crippen molar-refractivity contribution in [1.29, 1.82) is 0 Å². The van der Waals surface area contributed by atoms with E-state index in [9.17, 15) is 9.90 Å². The summed E-state index contributed by atoms with van der Waals surface area (Å²) < 4.78 is 0. The normalized spacial score (nSPS) is 54.2. The van der Waals surface area contributed by atoms with Gasteiger partial charge in [0.15, 0.2) is 0 Å². The minimum atomic E-state index is -0.206. The van der Waals surface area contributed by atoms with Crippen LogP contribution >= 0.6 is 0 Å². The molecule has 5 rings (SSSR count). The second-order valence-corrected chi connectivity index (χ2v) is 14.0. The molecule has 0 aromatic carbocycles. The van der Waals surface area contributed by atoms with Gasteiger partial charge in [-0.3, -0.25) is 4.79 Å². The Hall–Kier alpha value is -0.670. The number of carbonyl (C=O) groups is 1. The molecule has 0 amide bonds. The lowest BCUT2D eigenvalue weighted by Crippen LogP contribution is -2.73. The Morgan fingerprint density at radius 3 is 2.38 bits per heavy atom. The van der Waals surface area contributed by atoms with Gasteiger partial charge in [0.25, 0.3) is 0 Å². The first-order chi connectivity index (χ1) is 14.9. The van der Waals surface area contributed by atoms with Gasteiger partial charge in [-0.05, 0) is 111 Å². The molecule has 5 saturated carbocycles. The second-order valence-electron chi connectivity index (χ2n) is 14.0. The largest absolute Gasteiger partial charge is 0.396 e. The number of carbonyl (C=O) groups excluding carboxylic acids is 1. The first-order valence-electron chi connectivity index (χ1n) is 13.5. The SMILES string of the molecule is C=C(C)[C@@H]1CC[C@]2(CO)CC[C@]3(N)C(CCC4[C@@]5(C)CCC(=O)C(C)(C)C5CC[C@]43C)C12. The van der Waals surface area contributed by atoms with Crippen LogP contribution in [0.4, 0.5) is 0 Å². The molecule has 3 heteroatoms. The molecule has 0 spiro atoms. The molecule has 180 valence electrons. The van der Waals surface area contributed by atoms with E-state index in [4.69, 9.17) is 5.73 Å². The molecule has 9 atom stereocenters. The molecule has 4 unspecified atom stereocenters. The lowest BCUT2D eigenvalue weighted by Gasteiger charge is -2.72. The number of fused-ring (bicyclic) bond motifs is 7. The maximum Gasteiger partial charge on any atom is 0.138 e. The van der Waals surface area contributed by atoms with Crippen molar-refractivity contribution in [3.05, 3.63) is 12.2 Å². The van der Waals surface area contributed by atoms with Gasteiger partial charge in [0, 0.05) is 24.0 Å². The lowest BCUT2D eigenvalue weighted by atomic mass is 9.34. The fourth-order valence-corrected chi connectivity index (χ4v) is 11.0. The smallest absolute Gasteiger partial charge is 0.138 e. The van der Waals surface area contributed by atoms with Crippen molar-refractivity contribution in [2.45, 2.75) is 104 Å². The Morgan fingerprint density at radius 1 is 1.00 bits per heavy atom.